The van der Waals surface area contributed by atoms with Gasteiger partial charge in [-0.05, 0) is 56.0 Å². The molecule has 2 aliphatic rings. The molecule has 0 bridgehead atoms. The van der Waals surface area contributed by atoms with Gasteiger partial charge in [0.25, 0.3) is 5.91 Å². The maximum atomic E-state index is 13.3. The van der Waals surface area contributed by atoms with E-state index in [9.17, 15) is 14.4 Å². The molecule has 2 heterocycles. The van der Waals surface area contributed by atoms with Crippen molar-refractivity contribution < 1.29 is 23.9 Å². The van der Waals surface area contributed by atoms with E-state index >= 15 is 0 Å². The normalized spacial score (nSPS) is 21.2. The van der Waals surface area contributed by atoms with Crippen LogP contribution in [0.25, 0.3) is 0 Å². The van der Waals surface area contributed by atoms with Crippen LogP contribution in [-0.2, 0) is 9.53 Å². The van der Waals surface area contributed by atoms with E-state index in [1.165, 1.54) is 0 Å². The van der Waals surface area contributed by atoms with Gasteiger partial charge in [-0.15, -0.1) is 0 Å². The number of hydrogen-bond acceptors (Lipinski definition) is 5. The fourth-order valence-corrected chi connectivity index (χ4v) is 4.64. The Balaban J connectivity index is 1.41. The van der Waals surface area contributed by atoms with Gasteiger partial charge in [-0.1, -0.05) is 25.1 Å². The van der Waals surface area contributed by atoms with Gasteiger partial charge >= 0.3 is 6.03 Å². The first-order chi connectivity index (χ1) is 17.4. The highest BCUT2D eigenvalue weighted by atomic mass is 16.5. The van der Waals surface area contributed by atoms with Crippen molar-refractivity contribution in [2.45, 2.75) is 57.8 Å². The second kappa shape index (κ2) is 11.4. The van der Waals surface area contributed by atoms with Gasteiger partial charge in [0, 0.05) is 25.0 Å². The summed E-state index contributed by atoms with van der Waals surface area (Å²) in [5, 5.41) is 8.47. The number of benzene rings is 2. The summed E-state index contributed by atoms with van der Waals surface area (Å²) in [6.45, 7) is 4.75. The molecule has 9 heteroatoms. The highest BCUT2D eigenvalue weighted by Crippen LogP contribution is 2.32. The van der Waals surface area contributed by atoms with E-state index in [0.717, 1.165) is 17.7 Å². The maximum absolute atomic E-state index is 13.3. The fourth-order valence-electron chi connectivity index (χ4n) is 4.64. The third-order valence-electron chi connectivity index (χ3n) is 6.64. The van der Waals surface area contributed by atoms with Crippen LogP contribution in [0.3, 0.4) is 0 Å². The lowest BCUT2D eigenvalue weighted by atomic mass is 9.94. The molecule has 9 nitrogen and oxygen atoms in total. The van der Waals surface area contributed by atoms with Gasteiger partial charge in [-0.2, -0.15) is 0 Å². The summed E-state index contributed by atoms with van der Waals surface area (Å²) in [6, 6.07) is 12.2. The summed E-state index contributed by atoms with van der Waals surface area (Å²) in [4.78, 5) is 39.7. The molecule has 0 aliphatic carbocycles. The summed E-state index contributed by atoms with van der Waals surface area (Å²) in [5.74, 6) is 0.141. The SMILES string of the molecule is CCCNC(=O)Nc1ccc2c(c1)C(=O)N(C)[C@H]1CC[C@H](CC(=O)Nc3ccccc3C)O[C@@H]1CO2. The number of urea groups is 1. The molecule has 36 heavy (non-hydrogen) atoms. The monoisotopic (exact) mass is 494 g/mol. The van der Waals surface area contributed by atoms with E-state index in [-0.39, 0.29) is 49.1 Å². The zero-order chi connectivity index (χ0) is 25.7. The Bertz CT molecular complexity index is 1120. The van der Waals surface area contributed by atoms with Crippen LogP contribution in [-0.4, -0.2) is 61.2 Å². The van der Waals surface area contributed by atoms with Crippen LogP contribution in [0.2, 0.25) is 0 Å². The number of likely N-dealkylation sites (N-methyl/N-ethyl adjacent to an activating group) is 1. The largest absolute Gasteiger partial charge is 0.490 e. The number of fused-ring (bicyclic) bond motifs is 2. The smallest absolute Gasteiger partial charge is 0.319 e. The average Bonchev–Trinajstić information content (AvgIpc) is 2.86. The number of carbonyl (C=O) groups excluding carboxylic acids is 3. The molecule has 0 aromatic heterocycles. The average molecular weight is 495 g/mol. The number of para-hydroxylation sites is 1. The first kappa shape index (κ1) is 25.5. The molecule has 2 aliphatic heterocycles. The lowest BCUT2D eigenvalue weighted by Gasteiger charge is -2.42. The molecule has 0 radical (unpaired) electrons. The summed E-state index contributed by atoms with van der Waals surface area (Å²) in [5.41, 5.74) is 2.71. The molecule has 0 spiro atoms. The molecule has 1 fully saturated rings. The van der Waals surface area contributed by atoms with Crippen molar-refractivity contribution in [2.24, 2.45) is 0 Å². The van der Waals surface area contributed by atoms with Gasteiger partial charge < -0.3 is 30.3 Å². The number of amides is 4. The first-order valence-electron chi connectivity index (χ1n) is 12.5. The summed E-state index contributed by atoms with van der Waals surface area (Å²) in [6.07, 6.45) is 1.82. The zero-order valence-electron chi connectivity index (χ0n) is 21.0. The summed E-state index contributed by atoms with van der Waals surface area (Å²) < 4.78 is 12.3. The Morgan fingerprint density at radius 1 is 1.11 bits per heavy atom. The van der Waals surface area contributed by atoms with Crippen LogP contribution in [0.1, 0.15) is 48.5 Å². The molecule has 1 saturated heterocycles. The minimum Gasteiger partial charge on any atom is -0.490 e. The minimum atomic E-state index is -0.352. The Labute approximate surface area is 211 Å². The summed E-state index contributed by atoms with van der Waals surface area (Å²) >= 11 is 0. The van der Waals surface area contributed by atoms with Crippen molar-refractivity contribution in [3.63, 3.8) is 0 Å². The standard InChI is InChI=1S/C27H34N4O5/c1-4-13-28-27(34)29-18-9-12-23-20(14-18)26(33)31(3)22-11-10-19(36-24(22)16-35-23)15-25(32)30-21-8-6-5-7-17(21)2/h5-9,12,14,19,22,24H,4,10-11,13,15-16H2,1-3H3,(H,30,32)(H2,28,29,34)/t19-,22+,24-/m1/s1. The highest BCUT2D eigenvalue weighted by Gasteiger charge is 2.39. The van der Waals surface area contributed by atoms with Crippen LogP contribution in [0.5, 0.6) is 5.75 Å². The van der Waals surface area contributed by atoms with Crippen molar-refractivity contribution in [3.8, 4) is 5.75 Å². The van der Waals surface area contributed by atoms with E-state index in [2.05, 4.69) is 16.0 Å². The summed E-state index contributed by atoms with van der Waals surface area (Å²) in [7, 11) is 1.76. The van der Waals surface area contributed by atoms with Crippen molar-refractivity contribution in [3.05, 3.63) is 53.6 Å². The topological polar surface area (TPSA) is 109 Å². The van der Waals surface area contributed by atoms with E-state index in [1.807, 2.05) is 38.1 Å². The minimum absolute atomic E-state index is 0.0997. The quantitative estimate of drug-likeness (QED) is 0.564. The molecule has 0 saturated carbocycles. The number of hydrogen-bond donors (Lipinski definition) is 3. The van der Waals surface area contributed by atoms with Crippen molar-refractivity contribution in [2.75, 3.05) is 30.8 Å². The molecule has 3 N–H and O–H groups in total. The Kier molecular flexibility index (Phi) is 8.10. The van der Waals surface area contributed by atoms with E-state index in [0.29, 0.717) is 36.4 Å². The van der Waals surface area contributed by atoms with Crippen LogP contribution >= 0.6 is 0 Å². The number of anilines is 2. The highest BCUT2D eigenvalue weighted by molar-refractivity contribution is 5.99. The van der Waals surface area contributed by atoms with Gasteiger partial charge in [0.05, 0.1) is 24.1 Å². The Morgan fingerprint density at radius 2 is 1.92 bits per heavy atom. The number of rotatable bonds is 6. The van der Waals surface area contributed by atoms with Crippen molar-refractivity contribution >= 4 is 29.2 Å². The second-order valence-electron chi connectivity index (χ2n) is 9.33. The lowest BCUT2D eigenvalue weighted by molar-refractivity contribution is -0.130. The van der Waals surface area contributed by atoms with Crippen LogP contribution in [0.4, 0.5) is 16.2 Å². The molecule has 4 rings (SSSR count). The van der Waals surface area contributed by atoms with Crippen molar-refractivity contribution in [1.82, 2.24) is 10.2 Å². The number of nitrogens with zero attached hydrogens (tertiary/aromatic N) is 1. The van der Waals surface area contributed by atoms with Gasteiger partial charge in [0.1, 0.15) is 18.5 Å². The molecule has 3 atom stereocenters. The lowest BCUT2D eigenvalue weighted by Crippen LogP contribution is -2.53. The van der Waals surface area contributed by atoms with Gasteiger partial charge in [0.2, 0.25) is 5.91 Å². The maximum Gasteiger partial charge on any atom is 0.319 e. The third kappa shape index (κ3) is 5.96. The fraction of sp³-hybridized carbons (Fsp3) is 0.444. The first-order valence-corrected chi connectivity index (χ1v) is 12.5. The molecule has 192 valence electrons. The van der Waals surface area contributed by atoms with Crippen LogP contribution in [0, 0.1) is 6.92 Å². The van der Waals surface area contributed by atoms with Crippen molar-refractivity contribution in [1.29, 1.82) is 0 Å². The van der Waals surface area contributed by atoms with Crippen LogP contribution in [0.15, 0.2) is 42.5 Å². The Hall–Kier alpha value is -3.59. The molecular formula is C27H34N4O5. The Morgan fingerprint density at radius 3 is 2.69 bits per heavy atom. The second-order valence-corrected chi connectivity index (χ2v) is 9.33. The van der Waals surface area contributed by atoms with Gasteiger partial charge in [-0.25, -0.2) is 4.79 Å². The van der Waals surface area contributed by atoms with E-state index < -0.39 is 0 Å². The van der Waals surface area contributed by atoms with E-state index in [4.69, 9.17) is 9.47 Å². The van der Waals surface area contributed by atoms with Gasteiger partial charge in [0.15, 0.2) is 0 Å². The predicted molar refractivity (Wildman–Crippen MR) is 137 cm³/mol. The number of aryl methyl sites for hydroxylation is 1. The van der Waals surface area contributed by atoms with E-state index in [1.54, 1.807) is 30.1 Å². The number of ether oxygens (including phenoxy) is 2. The molecular weight excluding hydrogens is 460 g/mol. The molecule has 4 amide bonds. The molecule has 2 aromatic rings. The predicted octanol–water partition coefficient (Wildman–Crippen LogP) is 3.94. The third-order valence-corrected chi connectivity index (χ3v) is 6.64. The zero-order valence-corrected chi connectivity index (χ0v) is 21.0. The molecule has 0 unspecified atom stereocenters. The van der Waals surface area contributed by atoms with Crippen LogP contribution < -0.4 is 20.7 Å². The molecule has 2 aromatic carbocycles. The van der Waals surface area contributed by atoms with Gasteiger partial charge in [-0.3, -0.25) is 9.59 Å². The number of carbonyl (C=O) groups is 3. The number of nitrogens with one attached hydrogen (secondary N) is 3.